The van der Waals surface area contributed by atoms with Crippen molar-refractivity contribution in [3.8, 4) is 11.5 Å². The van der Waals surface area contributed by atoms with Crippen LogP contribution in [-0.4, -0.2) is 44.3 Å². The summed E-state index contributed by atoms with van der Waals surface area (Å²) in [4.78, 5) is 4.63. The van der Waals surface area contributed by atoms with Crippen LogP contribution >= 0.6 is 23.4 Å². The Kier molecular flexibility index (Phi) is 8.39. The van der Waals surface area contributed by atoms with Gasteiger partial charge in [-0.1, -0.05) is 11.6 Å². The number of aliphatic imine (C=N–C) groups is 1. The van der Waals surface area contributed by atoms with Gasteiger partial charge in [0.1, 0.15) is 13.2 Å². The molecular weight excluding hydrogens is 346 g/mol. The van der Waals surface area contributed by atoms with Gasteiger partial charge in [-0.25, -0.2) is 4.99 Å². The molecule has 0 saturated heterocycles. The van der Waals surface area contributed by atoms with Crippen molar-refractivity contribution in [3.63, 3.8) is 0 Å². The molecule has 134 valence electrons. The average Bonchev–Trinajstić information content (AvgIpc) is 2.59. The number of hydrogen-bond acceptors (Lipinski definition) is 4. The molecule has 0 amide bonds. The van der Waals surface area contributed by atoms with E-state index < -0.39 is 0 Å². The number of rotatable bonds is 8. The summed E-state index contributed by atoms with van der Waals surface area (Å²) < 4.78 is 11.2. The van der Waals surface area contributed by atoms with Gasteiger partial charge in [0.25, 0.3) is 0 Å². The van der Waals surface area contributed by atoms with Gasteiger partial charge in [-0.15, -0.1) is 0 Å². The number of unbranched alkanes of at least 4 members (excludes halogenated alkanes) is 1. The summed E-state index contributed by atoms with van der Waals surface area (Å²) in [6.45, 7) is 5.45. The van der Waals surface area contributed by atoms with Gasteiger partial charge in [0.05, 0.1) is 11.6 Å². The summed E-state index contributed by atoms with van der Waals surface area (Å²) in [5.41, 5.74) is 1.00. The molecule has 0 atom stereocenters. The molecule has 7 heteroatoms. The number of ether oxygens (including phenoxy) is 2. The van der Waals surface area contributed by atoms with E-state index in [9.17, 15) is 0 Å². The van der Waals surface area contributed by atoms with Crippen LogP contribution in [0, 0.1) is 0 Å². The standard InChI is InChI=1S/C17H26ClN3O2S/c1-3-19-17(20-6-4-5-9-24-2)21-12-13-10-14(18)16-15(11-13)22-7-8-23-16/h10-11H,3-9,12H2,1-2H3,(H2,19,20,21). The molecule has 5 nitrogen and oxygen atoms in total. The lowest BCUT2D eigenvalue weighted by Gasteiger charge is -2.20. The summed E-state index contributed by atoms with van der Waals surface area (Å²) in [5.74, 6) is 3.36. The highest BCUT2D eigenvalue weighted by Crippen LogP contribution is 2.38. The molecule has 0 aromatic heterocycles. The Balaban J connectivity index is 1.94. The van der Waals surface area contributed by atoms with E-state index in [0.717, 1.165) is 31.0 Å². The Morgan fingerprint density at radius 2 is 2.08 bits per heavy atom. The lowest BCUT2D eigenvalue weighted by molar-refractivity contribution is 0.171. The van der Waals surface area contributed by atoms with Gasteiger partial charge in [-0.3, -0.25) is 0 Å². The number of thioether (sulfide) groups is 1. The number of nitrogens with one attached hydrogen (secondary N) is 2. The molecule has 0 radical (unpaired) electrons. The van der Waals surface area contributed by atoms with E-state index in [4.69, 9.17) is 21.1 Å². The minimum absolute atomic E-state index is 0.537. The van der Waals surface area contributed by atoms with E-state index in [-0.39, 0.29) is 0 Å². The SMILES string of the molecule is CCNC(=NCc1cc(Cl)c2c(c1)OCCO2)NCCCCSC. The Morgan fingerprint density at radius 3 is 2.88 bits per heavy atom. The quantitative estimate of drug-likeness (QED) is 0.417. The van der Waals surface area contributed by atoms with Crippen molar-refractivity contribution in [3.05, 3.63) is 22.7 Å². The first kappa shape index (κ1) is 19.1. The maximum absolute atomic E-state index is 6.27. The number of nitrogens with zero attached hydrogens (tertiary/aromatic N) is 1. The fourth-order valence-electron chi connectivity index (χ4n) is 2.35. The van der Waals surface area contributed by atoms with Gasteiger partial charge < -0.3 is 20.1 Å². The molecule has 2 N–H and O–H groups in total. The zero-order valence-electron chi connectivity index (χ0n) is 14.4. The number of guanidine groups is 1. The van der Waals surface area contributed by atoms with Crippen molar-refractivity contribution in [2.24, 2.45) is 4.99 Å². The monoisotopic (exact) mass is 371 g/mol. The van der Waals surface area contributed by atoms with Crippen LogP contribution in [0.5, 0.6) is 11.5 Å². The molecule has 1 aliphatic rings. The van der Waals surface area contributed by atoms with Crippen LogP contribution in [0.25, 0.3) is 0 Å². The highest BCUT2D eigenvalue weighted by atomic mass is 35.5. The van der Waals surface area contributed by atoms with Crippen molar-refractivity contribution < 1.29 is 9.47 Å². The second-order valence-corrected chi connectivity index (χ2v) is 6.82. The molecule has 1 aromatic carbocycles. The van der Waals surface area contributed by atoms with Crippen molar-refractivity contribution in [1.29, 1.82) is 0 Å². The maximum atomic E-state index is 6.27. The van der Waals surface area contributed by atoms with Gasteiger partial charge in [-0.2, -0.15) is 11.8 Å². The van der Waals surface area contributed by atoms with E-state index in [1.165, 1.54) is 12.2 Å². The third kappa shape index (κ3) is 5.98. The molecule has 2 rings (SSSR count). The molecule has 0 bridgehead atoms. The van der Waals surface area contributed by atoms with Crippen molar-refractivity contribution in [2.75, 3.05) is 38.3 Å². The van der Waals surface area contributed by atoms with Crippen LogP contribution in [0.4, 0.5) is 0 Å². The van der Waals surface area contributed by atoms with Crippen molar-refractivity contribution in [2.45, 2.75) is 26.3 Å². The summed E-state index contributed by atoms with van der Waals surface area (Å²) in [5, 5.41) is 7.21. The predicted octanol–water partition coefficient (Wildman–Crippen LogP) is 3.31. The third-order valence-corrected chi connectivity index (χ3v) is 4.47. The Labute approximate surface area is 153 Å². The largest absolute Gasteiger partial charge is 0.486 e. The highest BCUT2D eigenvalue weighted by molar-refractivity contribution is 7.98. The zero-order valence-corrected chi connectivity index (χ0v) is 15.9. The minimum Gasteiger partial charge on any atom is -0.486 e. The second-order valence-electron chi connectivity index (χ2n) is 5.42. The Bertz CT molecular complexity index is 555. The van der Waals surface area contributed by atoms with E-state index in [2.05, 4.69) is 28.8 Å². The topological polar surface area (TPSA) is 54.9 Å². The first-order valence-electron chi connectivity index (χ1n) is 8.33. The van der Waals surface area contributed by atoms with Gasteiger partial charge in [0.15, 0.2) is 17.5 Å². The van der Waals surface area contributed by atoms with Crippen LogP contribution in [0.1, 0.15) is 25.3 Å². The molecule has 0 unspecified atom stereocenters. The maximum Gasteiger partial charge on any atom is 0.191 e. The molecule has 1 aromatic rings. The first-order valence-corrected chi connectivity index (χ1v) is 10.1. The second kappa shape index (κ2) is 10.6. The minimum atomic E-state index is 0.537. The molecule has 0 aliphatic carbocycles. The number of benzene rings is 1. The van der Waals surface area contributed by atoms with Crippen LogP contribution in [0.15, 0.2) is 17.1 Å². The first-order chi connectivity index (χ1) is 11.7. The van der Waals surface area contributed by atoms with Crippen LogP contribution < -0.4 is 20.1 Å². The van der Waals surface area contributed by atoms with Gasteiger partial charge in [0.2, 0.25) is 0 Å². The fourth-order valence-corrected chi connectivity index (χ4v) is 3.13. The normalized spacial score (nSPS) is 13.7. The molecule has 0 fully saturated rings. The molecule has 24 heavy (non-hydrogen) atoms. The summed E-state index contributed by atoms with van der Waals surface area (Å²) in [7, 11) is 0. The van der Waals surface area contributed by atoms with E-state index in [1.54, 1.807) is 0 Å². The summed E-state index contributed by atoms with van der Waals surface area (Å²) in [6, 6.07) is 3.84. The van der Waals surface area contributed by atoms with Crippen LogP contribution in [0.3, 0.4) is 0 Å². The number of halogens is 1. The van der Waals surface area contributed by atoms with Gasteiger partial charge >= 0.3 is 0 Å². The van der Waals surface area contributed by atoms with Crippen molar-refractivity contribution >= 4 is 29.3 Å². The molecule has 0 saturated carbocycles. The third-order valence-electron chi connectivity index (χ3n) is 3.49. The Hall–Kier alpha value is -1.27. The van der Waals surface area contributed by atoms with Crippen molar-refractivity contribution in [1.82, 2.24) is 10.6 Å². The average molecular weight is 372 g/mol. The van der Waals surface area contributed by atoms with E-state index in [0.29, 0.717) is 36.3 Å². The Morgan fingerprint density at radius 1 is 1.25 bits per heavy atom. The number of fused-ring (bicyclic) bond motifs is 1. The number of hydrogen-bond donors (Lipinski definition) is 2. The van der Waals surface area contributed by atoms with E-state index in [1.807, 2.05) is 23.9 Å². The fraction of sp³-hybridized carbons (Fsp3) is 0.588. The molecule has 1 aliphatic heterocycles. The lowest BCUT2D eigenvalue weighted by atomic mass is 10.2. The zero-order chi connectivity index (χ0) is 17.2. The summed E-state index contributed by atoms with van der Waals surface area (Å²) >= 11 is 8.15. The van der Waals surface area contributed by atoms with Gasteiger partial charge in [-0.05, 0) is 49.5 Å². The predicted molar refractivity (Wildman–Crippen MR) is 103 cm³/mol. The smallest absolute Gasteiger partial charge is 0.191 e. The molecular formula is C17H26ClN3O2S. The van der Waals surface area contributed by atoms with Crippen LogP contribution in [0.2, 0.25) is 5.02 Å². The lowest BCUT2D eigenvalue weighted by Crippen LogP contribution is -2.37. The molecule has 0 spiro atoms. The van der Waals surface area contributed by atoms with Gasteiger partial charge in [0, 0.05) is 13.1 Å². The van der Waals surface area contributed by atoms with Crippen LogP contribution in [-0.2, 0) is 6.54 Å². The summed E-state index contributed by atoms with van der Waals surface area (Å²) in [6.07, 6.45) is 4.49. The molecule has 1 heterocycles. The highest BCUT2D eigenvalue weighted by Gasteiger charge is 2.16. The van der Waals surface area contributed by atoms with E-state index >= 15 is 0 Å².